The van der Waals surface area contributed by atoms with Crippen molar-refractivity contribution in [1.29, 1.82) is 0 Å². The summed E-state index contributed by atoms with van der Waals surface area (Å²) in [5, 5.41) is 1.04. The third-order valence-corrected chi connectivity index (χ3v) is 4.48. The molecule has 1 saturated heterocycles. The minimum atomic E-state index is 0.112. The van der Waals surface area contributed by atoms with Gasteiger partial charge in [0.1, 0.15) is 12.7 Å². The smallest absolute Gasteiger partial charge is 0.171 e. The summed E-state index contributed by atoms with van der Waals surface area (Å²) in [5.74, 6) is 2.55. The van der Waals surface area contributed by atoms with E-state index in [-0.39, 0.29) is 6.10 Å². The number of ether oxygens (including phenoxy) is 2. The Morgan fingerprint density at radius 1 is 1.29 bits per heavy atom. The SMILES string of the molecule is CCC1CN(CC2COc3ccc4ncccc4c3O2)C1. The zero-order valence-corrected chi connectivity index (χ0v) is 12.3. The summed E-state index contributed by atoms with van der Waals surface area (Å²) in [6, 6.07) is 7.93. The molecule has 1 atom stereocenters. The third kappa shape index (κ3) is 2.33. The lowest BCUT2D eigenvalue weighted by atomic mass is 9.97. The number of likely N-dealkylation sites (tertiary alicyclic amines) is 1. The molecule has 21 heavy (non-hydrogen) atoms. The van der Waals surface area contributed by atoms with Crippen LogP contribution in [0.15, 0.2) is 30.5 Å². The number of rotatable bonds is 3. The summed E-state index contributed by atoms with van der Waals surface area (Å²) in [6.45, 7) is 6.23. The van der Waals surface area contributed by atoms with Crippen molar-refractivity contribution in [2.45, 2.75) is 19.4 Å². The minimum absolute atomic E-state index is 0.112. The molecule has 0 aliphatic carbocycles. The Bertz CT molecular complexity index is 652. The zero-order valence-electron chi connectivity index (χ0n) is 12.3. The van der Waals surface area contributed by atoms with Gasteiger partial charge in [-0.2, -0.15) is 0 Å². The van der Waals surface area contributed by atoms with Crippen LogP contribution in [-0.4, -0.2) is 42.2 Å². The number of fused-ring (bicyclic) bond motifs is 3. The quantitative estimate of drug-likeness (QED) is 0.868. The molecule has 2 aliphatic rings. The van der Waals surface area contributed by atoms with Crippen molar-refractivity contribution in [1.82, 2.24) is 9.88 Å². The molecule has 0 bridgehead atoms. The van der Waals surface area contributed by atoms with Crippen LogP contribution in [0.2, 0.25) is 0 Å². The molecule has 4 heteroatoms. The van der Waals surface area contributed by atoms with Gasteiger partial charge in [-0.15, -0.1) is 0 Å². The van der Waals surface area contributed by atoms with Crippen molar-refractivity contribution in [2.24, 2.45) is 5.92 Å². The Morgan fingerprint density at radius 3 is 3.05 bits per heavy atom. The highest BCUT2D eigenvalue weighted by Gasteiger charge is 2.30. The topological polar surface area (TPSA) is 34.6 Å². The van der Waals surface area contributed by atoms with E-state index in [1.165, 1.54) is 19.5 Å². The van der Waals surface area contributed by atoms with E-state index in [9.17, 15) is 0 Å². The molecule has 1 fully saturated rings. The average Bonchev–Trinajstić information content (AvgIpc) is 2.50. The summed E-state index contributed by atoms with van der Waals surface area (Å²) in [7, 11) is 0. The molecular weight excluding hydrogens is 264 g/mol. The van der Waals surface area contributed by atoms with Crippen molar-refractivity contribution in [2.75, 3.05) is 26.2 Å². The highest BCUT2D eigenvalue weighted by Crippen LogP contribution is 2.38. The number of hydrogen-bond acceptors (Lipinski definition) is 4. The zero-order chi connectivity index (χ0) is 14.2. The monoisotopic (exact) mass is 284 g/mol. The van der Waals surface area contributed by atoms with E-state index in [0.29, 0.717) is 6.61 Å². The van der Waals surface area contributed by atoms with Crippen molar-refractivity contribution in [3.05, 3.63) is 30.5 Å². The van der Waals surface area contributed by atoms with Crippen LogP contribution in [0.25, 0.3) is 10.9 Å². The molecular formula is C17H20N2O2. The molecule has 0 amide bonds. The molecule has 4 nitrogen and oxygen atoms in total. The van der Waals surface area contributed by atoms with Crippen LogP contribution in [0, 0.1) is 5.92 Å². The van der Waals surface area contributed by atoms with Crippen LogP contribution in [0.4, 0.5) is 0 Å². The Hall–Kier alpha value is -1.81. The second kappa shape index (κ2) is 5.19. The van der Waals surface area contributed by atoms with Gasteiger partial charge in [0.2, 0.25) is 0 Å². The molecule has 3 heterocycles. The van der Waals surface area contributed by atoms with E-state index in [1.807, 2.05) is 24.3 Å². The predicted molar refractivity (Wildman–Crippen MR) is 81.9 cm³/mol. The standard InChI is InChI=1S/C17H20N2O2/c1-2-12-8-19(9-12)10-13-11-20-16-6-5-15-14(17(16)21-13)4-3-7-18-15/h3-7,12-13H,2,8-11H2,1H3. The largest absolute Gasteiger partial charge is 0.486 e. The number of hydrogen-bond donors (Lipinski definition) is 0. The fraction of sp³-hybridized carbons (Fsp3) is 0.471. The first-order valence-corrected chi connectivity index (χ1v) is 7.73. The molecule has 0 radical (unpaired) electrons. The van der Waals surface area contributed by atoms with Gasteiger partial charge in [-0.25, -0.2) is 0 Å². The van der Waals surface area contributed by atoms with Gasteiger partial charge < -0.3 is 9.47 Å². The Balaban J connectivity index is 1.52. The van der Waals surface area contributed by atoms with E-state index in [2.05, 4.69) is 16.8 Å². The maximum absolute atomic E-state index is 6.21. The molecule has 1 unspecified atom stereocenters. The normalized spacial score (nSPS) is 22.2. The van der Waals surface area contributed by atoms with Gasteiger partial charge >= 0.3 is 0 Å². The van der Waals surface area contributed by atoms with Crippen molar-refractivity contribution >= 4 is 10.9 Å². The van der Waals surface area contributed by atoms with Crippen LogP contribution in [-0.2, 0) is 0 Å². The van der Waals surface area contributed by atoms with Crippen LogP contribution in [0.5, 0.6) is 11.5 Å². The van der Waals surface area contributed by atoms with Gasteiger partial charge in [-0.3, -0.25) is 9.88 Å². The Labute approximate surface area is 124 Å². The molecule has 110 valence electrons. The molecule has 4 rings (SSSR count). The maximum atomic E-state index is 6.21. The summed E-state index contributed by atoms with van der Waals surface area (Å²) in [6.07, 6.45) is 3.19. The molecule has 2 aliphatic heterocycles. The van der Waals surface area contributed by atoms with E-state index in [1.54, 1.807) is 6.20 Å². The highest BCUT2D eigenvalue weighted by atomic mass is 16.6. The maximum Gasteiger partial charge on any atom is 0.171 e. The van der Waals surface area contributed by atoms with Gasteiger partial charge in [0.05, 0.1) is 5.52 Å². The lowest BCUT2D eigenvalue weighted by Crippen LogP contribution is -2.51. The van der Waals surface area contributed by atoms with E-state index >= 15 is 0 Å². The first-order chi connectivity index (χ1) is 10.3. The van der Waals surface area contributed by atoms with E-state index < -0.39 is 0 Å². The van der Waals surface area contributed by atoms with Crippen LogP contribution in [0.1, 0.15) is 13.3 Å². The molecule has 1 aromatic carbocycles. The summed E-state index contributed by atoms with van der Waals surface area (Å²) in [4.78, 5) is 6.83. The summed E-state index contributed by atoms with van der Waals surface area (Å²) in [5.41, 5.74) is 0.954. The van der Waals surface area contributed by atoms with E-state index in [0.717, 1.165) is 34.9 Å². The van der Waals surface area contributed by atoms with Gasteiger partial charge in [-0.05, 0) is 30.2 Å². The third-order valence-electron chi connectivity index (χ3n) is 4.48. The van der Waals surface area contributed by atoms with Crippen molar-refractivity contribution in [3.63, 3.8) is 0 Å². The first-order valence-electron chi connectivity index (χ1n) is 7.73. The molecule has 0 spiro atoms. The number of nitrogens with zero attached hydrogens (tertiary/aromatic N) is 2. The van der Waals surface area contributed by atoms with Gasteiger partial charge in [0.15, 0.2) is 11.5 Å². The Kier molecular flexibility index (Phi) is 3.19. The lowest BCUT2D eigenvalue weighted by Gasteiger charge is -2.41. The van der Waals surface area contributed by atoms with Gasteiger partial charge in [-0.1, -0.05) is 13.3 Å². The second-order valence-corrected chi connectivity index (χ2v) is 6.01. The van der Waals surface area contributed by atoms with Crippen molar-refractivity contribution < 1.29 is 9.47 Å². The first kappa shape index (κ1) is 12.9. The fourth-order valence-electron chi connectivity index (χ4n) is 3.19. The summed E-state index contributed by atoms with van der Waals surface area (Å²) >= 11 is 0. The number of pyridine rings is 1. The predicted octanol–water partition coefficient (Wildman–Crippen LogP) is 2.72. The molecule has 0 saturated carbocycles. The van der Waals surface area contributed by atoms with Crippen LogP contribution < -0.4 is 9.47 Å². The molecule has 1 aromatic heterocycles. The van der Waals surface area contributed by atoms with Crippen LogP contribution >= 0.6 is 0 Å². The van der Waals surface area contributed by atoms with Crippen LogP contribution in [0.3, 0.4) is 0 Å². The fourth-order valence-corrected chi connectivity index (χ4v) is 3.19. The Morgan fingerprint density at radius 2 is 2.19 bits per heavy atom. The second-order valence-electron chi connectivity index (χ2n) is 6.01. The molecule has 2 aromatic rings. The number of aromatic nitrogens is 1. The summed E-state index contributed by atoms with van der Waals surface area (Å²) < 4.78 is 12.1. The minimum Gasteiger partial charge on any atom is -0.486 e. The molecule has 0 N–H and O–H groups in total. The van der Waals surface area contributed by atoms with Gasteiger partial charge in [0, 0.05) is 31.2 Å². The number of benzene rings is 1. The van der Waals surface area contributed by atoms with Crippen molar-refractivity contribution in [3.8, 4) is 11.5 Å². The average molecular weight is 284 g/mol. The lowest BCUT2D eigenvalue weighted by molar-refractivity contribution is 0.0166. The van der Waals surface area contributed by atoms with Gasteiger partial charge in [0.25, 0.3) is 0 Å². The highest BCUT2D eigenvalue weighted by molar-refractivity contribution is 5.87. The van der Waals surface area contributed by atoms with E-state index in [4.69, 9.17) is 9.47 Å².